The average Bonchev–Trinajstić information content (AvgIpc) is 2.57. The minimum absolute atomic E-state index is 0.288. The Balaban J connectivity index is 2.11. The van der Waals surface area contributed by atoms with E-state index in [1.807, 2.05) is 18.2 Å². The lowest BCUT2D eigenvalue weighted by molar-refractivity contribution is -0.119. The smallest absolute Gasteiger partial charge is 0.140 e. The van der Waals surface area contributed by atoms with Gasteiger partial charge in [-0.3, -0.25) is 4.79 Å². The van der Waals surface area contributed by atoms with Crippen LogP contribution in [-0.2, 0) is 4.79 Å². The van der Waals surface area contributed by atoms with Crippen molar-refractivity contribution in [2.45, 2.75) is 12.8 Å². The molecule has 0 saturated carbocycles. The summed E-state index contributed by atoms with van der Waals surface area (Å²) in [5.41, 5.74) is 0.950. The molecule has 2 rings (SSSR count). The molecule has 68 valence electrons. The van der Waals surface area contributed by atoms with Gasteiger partial charge in [-0.25, -0.2) is 0 Å². The van der Waals surface area contributed by atoms with Gasteiger partial charge in [0.1, 0.15) is 11.5 Å². The Bertz CT molecular complexity index is 325. The predicted molar refractivity (Wildman–Crippen MR) is 48.9 cm³/mol. The first-order valence-corrected chi connectivity index (χ1v) is 4.34. The molecule has 1 N–H and O–H groups in total. The molecule has 1 aliphatic heterocycles. The van der Waals surface area contributed by atoms with Crippen molar-refractivity contribution in [1.29, 1.82) is 0 Å². The van der Waals surface area contributed by atoms with Gasteiger partial charge >= 0.3 is 0 Å². The third-order valence-electron chi connectivity index (χ3n) is 2.00. The van der Waals surface area contributed by atoms with E-state index in [2.05, 4.69) is 5.32 Å². The van der Waals surface area contributed by atoms with E-state index in [1.54, 1.807) is 6.26 Å². The van der Waals surface area contributed by atoms with Crippen LogP contribution in [0.25, 0.3) is 6.08 Å². The normalized spacial score (nSPS) is 20.3. The van der Waals surface area contributed by atoms with Crippen LogP contribution in [0.4, 0.5) is 0 Å². The van der Waals surface area contributed by atoms with Crippen molar-refractivity contribution < 1.29 is 9.21 Å². The molecule has 0 spiro atoms. The first-order chi connectivity index (χ1) is 6.34. The molecule has 3 heteroatoms. The summed E-state index contributed by atoms with van der Waals surface area (Å²) in [6, 6.07) is 3.70. The number of hydrogen-bond acceptors (Lipinski definition) is 3. The summed E-state index contributed by atoms with van der Waals surface area (Å²) in [7, 11) is 0. The monoisotopic (exact) mass is 177 g/mol. The van der Waals surface area contributed by atoms with Gasteiger partial charge in [-0.2, -0.15) is 0 Å². The number of ketones is 1. The van der Waals surface area contributed by atoms with Crippen LogP contribution in [0, 0.1) is 0 Å². The number of carbonyl (C=O) groups is 1. The van der Waals surface area contributed by atoms with E-state index in [4.69, 9.17) is 4.42 Å². The highest BCUT2D eigenvalue weighted by atomic mass is 16.3. The fourth-order valence-electron chi connectivity index (χ4n) is 1.37. The van der Waals surface area contributed by atoms with Crippen LogP contribution in [0.1, 0.15) is 18.6 Å². The zero-order chi connectivity index (χ0) is 9.10. The van der Waals surface area contributed by atoms with Gasteiger partial charge in [0, 0.05) is 31.2 Å². The van der Waals surface area contributed by atoms with Crippen molar-refractivity contribution >= 4 is 11.9 Å². The van der Waals surface area contributed by atoms with E-state index in [0.29, 0.717) is 12.8 Å². The van der Waals surface area contributed by atoms with Gasteiger partial charge < -0.3 is 9.73 Å². The van der Waals surface area contributed by atoms with E-state index >= 15 is 0 Å². The highest BCUT2D eigenvalue weighted by Crippen LogP contribution is 2.12. The Kier molecular flexibility index (Phi) is 2.17. The van der Waals surface area contributed by atoms with Crippen molar-refractivity contribution in [2.24, 2.45) is 0 Å². The second-order valence-electron chi connectivity index (χ2n) is 3.08. The molecule has 1 aromatic heterocycles. The number of hydrogen-bond donors (Lipinski definition) is 1. The van der Waals surface area contributed by atoms with Gasteiger partial charge in [0.2, 0.25) is 0 Å². The largest absolute Gasteiger partial charge is 0.465 e. The Morgan fingerprint density at radius 1 is 1.54 bits per heavy atom. The second-order valence-corrected chi connectivity index (χ2v) is 3.08. The first-order valence-electron chi connectivity index (χ1n) is 4.34. The van der Waals surface area contributed by atoms with Crippen molar-refractivity contribution in [1.82, 2.24) is 5.32 Å². The zero-order valence-corrected chi connectivity index (χ0v) is 7.25. The molecule has 1 aliphatic rings. The number of furan rings is 1. The van der Waals surface area contributed by atoms with Crippen LogP contribution in [0.2, 0.25) is 0 Å². The summed E-state index contributed by atoms with van der Waals surface area (Å²) in [4.78, 5) is 11.1. The molecular weight excluding hydrogens is 166 g/mol. The lowest BCUT2D eigenvalue weighted by Gasteiger charge is -2.14. The Labute approximate surface area is 76.4 Å². The molecule has 1 saturated heterocycles. The van der Waals surface area contributed by atoms with Crippen molar-refractivity contribution in [2.75, 3.05) is 6.54 Å². The maximum Gasteiger partial charge on any atom is 0.140 e. The molecule has 1 fully saturated rings. The van der Waals surface area contributed by atoms with Gasteiger partial charge in [-0.15, -0.1) is 0 Å². The summed E-state index contributed by atoms with van der Waals surface area (Å²) in [5, 5.41) is 3.17. The van der Waals surface area contributed by atoms with E-state index in [1.165, 1.54) is 0 Å². The van der Waals surface area contributed by atoms with Gasteiger partial charge in [-0.05, 0) is 12.1 Å². The van der Waals surface area contributed by atoms with Gasteiger partial charge in [0.15, 0.2) is 0 Å². The van der Waals surface area contributed by atoms with E-state index in [9.17, 15) is 4.79 Å². The van der Waals surface area contributed by atoms with E-state index < -0.39 is 0 Å². The van der Waals surface area contributed by atoms with Crippen LogP contribution in [0.15, 0.2) is 28.5 Å². The number of carbonyl (C=O) groups excluding carboxylic acids is 1. The molecule has 0 aliphatic carbocycles. The summed E-state index contributed by atoms with van der Waals surface area (Å²) in [6.45, 7) is 0.741. The second kappa shape index (κ2) is 3.47. The first kappa shape index (κ1) is 8.10. The van der Waals surface area contributed by atoms with Crippen molar-refractivity contribution in [3.63, 3.8) is 0 Å². The van der Waals surface area contributed by atoms with Crippen LogP contribution in [-0.4, -0.2) is 12.3 Å². The summed E-state index contributed by atoms with van der Waals surface area (Å²) in [6.07, 6.45) is 4.63. The van der Waals surface area contributed by atoms with E-state index in [-0.39, 0.29) is 5.78 Å². The van der Waals surface area contributed by atoms with Crippen LogP contribution >= 0.6 is 0 Å². The van der Waals surface area contributed by atoms with E-state index in [0.717, 1.165) is 18.0 Å². The van der Waals surface area contributed by atoms with Gasteiger partial charge in [0.25, 0.3) is 0 Å². The molecular formula is C10H11NO2. The highest BCUT2D eigenvalue weighted by Gasteiger charge is 2.12. The third kappa shape index (κ3) is 1.99. The number of nitrogens with one attached hydrogen (secondary N) is 1. The lowest BCUT2D eigenvalue weighted by Crippen LogP contribution is -2.25. The third-order valence-corrected chi connectivity index (χ3v) is 2.00. The maximum absolute atomic E-state index is 11.1. The predicted octanol–water partition coefficient (Wildman–Crippen LogP) is 1.57. The molecule has 0 amide bonds. The van der Waals surface area contributed by atoms with Crippen LogP contribution in [0.3, 0.4) is 0 Å². The summed E-state index contributed by atoms with van der Waals surface area (Å²) < 4.78 is 5.14. The minimum atomic E-state index is 0.288. The summed E-state index contributed by atoms with van der Waals surface area (Å²) >= 11 is 0. The lowest BCUT2D eigenvalue weighted by atomic mass is 10.1. The SMILES string of the molecule is O=C1CCNC(=Cc2ccco2)C1. The minimum Gasteiger partial charge on any atom is -0.465 e. The molecule has 1 aromatic rings. The quantitative estimate of drug-likeness (QED) is 0.708. The Morgan fingerprint density at radius 2 is 2.46 bits per heavy atom. The number of allylic oxidation sites excluding steroid dienone is 1. The molecule has 0 unspecified atom stereocenters. The molecule has 0 bridgehead atoms. The Morgan fingerprint density at radius 3 is 3.15 bits per heavy atom. The maximum atomic E-state index is 11.1. The molecule has 0 atom stereocenters. The number of Topliss-reactive ketones (excluding diaryl/α,β-unsaturated/α-hetero) is 1. The van der Waals surface area contributed by atoms with Crippen LogP contribution in [0.5, 0.6) is 0 Å². The van der Waals surface area contributed by atoms with Crippen molar-refractivity contribution in [3.8, 4) is 0 Å². The topological polar surface area (TPSA) is 42.2 Å². The fraction of sp³-hybridized carbons (Fsp3) is 0.300. The zero-order valence-electron chi connectivity index (χ0n) is 7.25. The molecule has 3 nitrogen and oxygen atoms in total. The molecule has 13 heavy (non-hydrogen) atoms. The summed E-state index contributed by atoms with van der Waals surface area (Å²) in [5.74, 6) is 1.08. The fourth-order valence-corrected chi connectivity index (χ4v) is 1.37. The van der Waals surface area contributed by atoms with Gasteiger partial charge in [-0.1, -0.05) is 0 Å². The molecule has 0 radical (unpaired) electrons. The number of rotatable bonds is 1. The standard InChI is InChI=1S/C10H11NO2/c12-9-3-4-11-8(6-9)7-10-2-1-5-13-10/h1-2,5,7,11H,3-4,6H2. The van der Waals surface area contributed by atoms with Crippen molar-refractivity contribution in [3.05, 3.63) is 29.9 Å². The Hall–Kier alpha value is -1.51. The average molecular weight is 177 g/mol. The van der Waals surface area contributed by atoms with Crippen LogP contribution < -0.4 is 5.32 Å². The molecule has 0 aromatic carbocycles. The molecule has 2 heterocycles. The number of piperidine rings is 1. The van der Waals surface area contributed by atoms with Gasteiger partial charge in [0.05, 0.1) is 6.26 Å². The highest BCUT2D eigenvalue weighted by molar-refractivity contribution is 5.83.